The van der Waals surface area contributed by atoms with Crippen molar-refractivity contribution >= 4 is 22.8 Å². The lowest BCUT2D eigenvalue weighted by Crippen LogP contribution is -2.06. The molecule has 0 aliphatic carbocycles. The predicted octanol–water partition coefficient (Wildman–Crippen LogP) is 2.27. The van der Waals surface area contributed by atoms with Crippen LogP contribution in [0, 0.1) is 17.0 Å². The van der Waals surface area contributed by atoms with Crippen LogP contribution in [-0.4, -0.2) is 19.7 Å². The minimum absolute atomic E-state index is 0.0527. The lowest BCUT2D eigenvalue weighted by atomic mass is 10.3. The average Bonchev–Trinajstić information content (AvgIpc) is 2.90. The number of nitrogens with one attached hydrogen (secondary N) is 1. The number of nitro groups is 1. The van der Waals surface area contributed by atoms with Crippen LogP contribution in [0.25, 0.3) is 0 Å². The van der Waals surface area contributed by atoms with Gasteiger partial charge in [0, 0.05) is 12.4 Å². The third kappa shape index (κ3) is 2.73. The summed E-state index contributed by atoms with van der Waals surface area (Å²) in [7, 11) is 1.70. The van der Waals surface area contributed by atoms with Crippen LogP contribution in [0.1, 0.15) is 23.3 Å². The Morgan fingerprint density at radius 2 is 2.32 bits per heavy atom. The molecule has 0 aliphatic rings. The molecule has 0 unspecified atom stereocenters. The fourth-order valence-electron chi connectivity index (χ4n) is 1.86. The van der Waals surface area contributed by atoms with Gasteiger partial charge in [-0.05, 0) is 13.3 Å². The van der Waals surface area contributed by atoms with Crippen LogP contribution in [0.3, 0.4) is 0 Å². The van der Waals surface area contributed by atoms with Gasteiger partial charge in [-0.15, -0.1) is 11.3 Å². The Hall–Kier alpha value is -1.96. The second-order valence-electron chi connectivity index (χ2n) is 4.09. The molecule has 0 aromatic carbocycles. The third-order valence-electron chi connectivity index (χ3n) is 2.71. The Morgan fingerprint density at radius 3 is 2.84 bits per heavy atom. The first kappa shape index (κ1) is 13.5. The van der Waals surface area contributed by atoms with Gasteiger partial charge in [-0.1, -0.05) is 6.92 Å². The highest BCUT2D eigenvalue weighted by Crippen LogP contribution is 2.28. The Morgan fingerprint density at radius 1 is 1.58 bits per heavy atom. The fraction of sp³-hybridized carbons (Fsp3) is 0.455. The zero-order valence-electron chi connectivity index (χ0n) is 11.0. The van der Waals surface area contributed by atoms with E-state index < -0.39 is 0 Å². The van der Waals surface area contributed by atoms with Crippen LogP contribution in [-0.2, 0) is 20.0 Å². The maximum absolute atomic E-state index is 11.1. The third-order valence-corrected chi connectivity index (χ3v) is 3.54. The molecule has 102 valence electrons. The number of aromatic nitrogens is 3. The quantitative estimate of drug-likeness (QED) is 0.671. The van der Waals surface area contributed by atoms with E-state index in [2.05, 4.69) is 15.4 Å². The minimum atomic E-state index is -0.388. The van der Waals surface area contributed by atoms with Gasteiger partial charge in [0.1, 0.15) is 5.69 Å². The summed E-state index contributed by atoms with van der Waals surface area (Å²) in [6.45, 7) is 4.23. The first-order valence-corrected chi connectivity index (χ1v) is 6.76. The Labute approximate surface area is 114 Å². The summed E-state index contributed by atoms with van der Waals surface area (Å²) < 4.78 is 1.51. The van der Waals surface area contributed by atoms with Gasteiger partial charge in [-0.2, -0.15) is 5.10 Å². The SMILES string of the molecule is CCc1nn(C)c(NCc2csc(C)n2)c1[N+](=O)[O-]. The molecule has 19 heavy (non-hydrogen) atoms. The van der Waals surface area contributed by atoms with E-state index in [-0.39, 0.29) is 10.6 Å². The lowest BCUT2D eigenvalue weighted by molar-refractivity contribution is -0.384. The number of hydrogen-bond donors (Lipinski definition) is 1. The van der Waals surface area contributed by atoms with Crippen LogP contribution in [0.2, 0.25) is 0 Å². The van der Waals surface area contributed by atoms with Gasteiger partial charge in [0.05, 0.1) is 22.2 Å². The maximum Gasteiger partial charge on any atom is 0.333 e. The van der Waals surface area contributed by atoms with Crippen molar-refractivity contribution in [1.82, 2.24) is 14.8 Å². The molecule has 2 heterocycles. The molecule has 0 spiro atoms. The van der Waals surface area contributed by atoms with Crippen molar-refractivity contribution in [1.29, 1.82) is 0 Å². The van der Waals surface area contributed by atoms with E-state index in [9.17, 15) is 10.1 Å². The molecule has 2 aromatic rings. The Kier molecular flexibility index (Phi) is 3.79. The number of hydrogen-bond acceptors (Lipinski definition) is 6. The molecular formula is C11H15N5O2S. The molecule has 2 aromatic heterocycles. The van der Waals surface area contributed by atoms with Gasteiger partial charge < -0.3 is 5.32 Å². The van der Waals surface area contributed by atoms with Crippen LogP contribution in [0.5, 0.6) is 0 Å². The van der Waals surface area contributed by atoms with Crippen molar-refractivity contribution in [2.24, 2.45) is 7.05 Å². The van der Waals surface area contributed by atoms with Gasteiger partial charge in [-0.3, -0.25) is 10.1 Å². The summed E-state index contributed by atoms with van der Waals surface area (Å²) in [4.78, 5) is 15.1. The second kappa shape index (κ2) is 5.35. The van der Waals surface area contributed by atoms with Crippen molar-refractivity contribution in [3.8, 4) is 0 Å². The summed E-state index contributed by atoms with van der Waals surface area (Å²) in [5.74, 6) is 0.424. The van der Waals surface area contributed by atoms with E-state index in [1.54, 1.807) is 18.4 Å². The fourth-order valence-corrected chi connectivity index (χ4v) is 2.47. The van der Waals surface area contributed by atoms with E-state index in [0.717, 1.165) is 10.7 Å². The van der Waals surface area contributed by atoms with E-state index in [0.29, 0.717) is 24.5 Å². The van der Waals surface area contributed by atoms with Crippen molar-refractivity contribution in [3.63, 3.8) is 0 Å². The average molecular weight is 281 g/mol. The normalized spacial score (nSPS) is 10.7. The molecule has 0 atom stereocenters. The number of nitrogens with zero attached hydrogens (tertiary/aromatic N) is 4. The smallest absolute Gasteiger partial charge is 0.333 e. The van der Waals surface area contributed by atoms with Gasteiger partial charge in [0.2, 0.25) is 5.82 Å². The summed E-state index contributed by atoms with van der Waals surface area (Å²) in [6, 6.07) is 0. The van der Waals surface area contributed by atoms with Crippen LogP contribution in [0.15, 0.2) is 5.38 Å². The topological polar surface area (TPSA) is 85.9 Å². The molecule has 7 nitrogen and oxygen atoms in total. The summed E-state index contributed by atoms with van der Waals surface area (Å²) >= 11 is 1.56. The van der Waals surface area contributed by atoms with Gasteiger partial charge >= 0.3 is 5.69 Å². The second-order valence-corrected chi connectivity index (χ2v) is 5.15. The van der Waals surface area contributed by atoms with E-state index in [1.807, 2.05) is 19.2 Å². The van der Waals surface area contributed by atoms with Crippen LogP contribution >= 0.6 is 11.3 Å². The molecule has 0 aliphatic heterocycles. The summed E-state index contributed by atoms with van der Waals surface area (Å²) in [5, 5.41) is 21.3. The summed E-state index contributed by atoms with van der Waals surface area (Å²) in [5.41, 5.74) is 1.41. The molecule has 0 fully saturated rings. The van der Waals surface area contributed by atoms with E-state index in [4.69, 9.17) is 0 Å². The molecule has 8 heteroatoms. The molecule has 0 radical (unpaired) electrons. The first-order valence-electron chi connectivity index (χ1n) is 5.88. The molecule has 0 saturated carbocycles. The number of anilines is 1. The number of aryl methyl sites for hydroxylation is 3. The first-order chi connectivity index (χ1) is 9.02. The molecule has 0 bridgehead atoms. The Bertz CT molecular complexity index is 604. The summed E-state index contributed by atoms with van der Waals surface area (Å²) in [6.07, 6.45) is 0.529. The molecular weight excluding hydrogens is 266 g/mol. The zero-order valence-corrected chi connectivity index (χ0v) is 11.8. The predicted molar refractivity (Wildman–Crippen MR) is 73.4 cm³/mol. The van der Waals surface area contributed by atoms with Gasteiger partial charge in [-0.25, -0.2) is 9.67 Å². The number of rotatable bonds is 5. The van der Waals surface area contributed by atoms with Crippen LogP contribution in [0.4, 0.5) is 11.5 Å². The van der Waals surface area contributed by atoms with Crippen molar-refractivity contribution in [2.75, 3.05) is 5.32 Å². The van der Waals surface area contributed by atoms with E-state index in [1.165, 1.54) is 4.68 Å². The van der Waals surface area contributed by atoms with E-state index >= 15 is 0 Å². The van der Waals surface area contributed by atoms with Gasteiger partial charge in [0.25, 0.3) is 0 Å². The monoisotopic (exact) mass is 281 g/mol. The van der Waals surface area contributed by atoms with Crippen molar-refractivity contribution in [2.45, 2.75) is 26.8 Å². The molecule has 0 saturated heterocycles. The minimum Gasteiger partial charge on any atom is -0.359 e. The zero-order chi connectivity index (χ0) is 14.0. The maximum atomic E-state index is 11.1. The highest BCUT2D eigenvalue weighted by Gasteiger charge is 2.25. The lowest BCUT2D eigenvalue weighted by Gasteiger charge is -2.03. The Balaban J connectivity index is 2.24. The largest absolute Gasteiger partial charge is 0.359 e. The van der Waals surface area contributed by atoms with Crippen LogP contribution < -0.4 is 5.32 Å². The molecule has 0 amide bonds. The number of thiazole rings is 1. The van der Waals surface area contributed by atoms with Crippen molar-refractivity contribution < 1.29 is 4.92 Å². The van der Waals surface area contributed by atoms with Gasteiger partial charge in [0.15, 0.2) is 0 Å². The molecule has 2 rings (SSSR count). The standard InChI is InChI=1S/C11H15N5O2S/c1-4-9-10(16(17)18)11(15(3)14-9)12-5-8-6-19-7(2)13-8/h6,12H,4-5H2,1-3H3. The van der Waals surface area contributed by atoms with Crippen molar-refractivity contribution in [3.05, 3.63) is 31.9 Å². The molecule has 1 N–H and O–H groups in total. The highest BCUT2D eigenvalue weighted by molar-refractivity contribution is 7.09. The highest BCUT2D eigenvalue weighted by atomic mass is 32.1.